The zero-order valence-electron chi connectivity index (χ0n) is 15.1. The molecule has 2 aromatic rings. The minimum Gasteiger partial charge on any atom is -0.508 e. The average Bonchev–Trinajstić information content (AvgIpc) is 2.92. The molecule has 2 N–H and O–H groups in total. The topological polar surface area (TPSA) is 75.1 Å². The molecule has 1 aromatic carbocycles. The highest BCUT2D eigenvalue weighted by Gasteiger charge is 2.39. The first-order chi connectivity index (χ1) is 11.9. The third-order valence-corrected chi connectivity index (χ3v) is 8.93. The van der Waals surface area contributed by atoms with E-state index in [9.17, 15) is 9.67 Å². The molecule has 0 saturated carbocycles. The maximum Gasteiger partial charge on any atom is 0.144 e. The summed E-state index contributed by atoms with van der Waals surface area (Å²) >= 11 is 0. The van der Waals surface area contributed by atoms with Crippen LogP contribution in [0.5, 0.6) is 5.75 Å². The standard InChI is InChI=1S/C19H26N3O2P/c1-13-6-7-25(24,12-13)18(16-4-5-17(23)14(2)8-16)10-22-19-11-20-15(3)9-21-19/h4-5,8-9,11,13,18,23H,6-7,10,12H2,1-3H3,(H,21,22)/t13-,18?,25?/m1/s1. The Balaban J connectivity index is 1.87. The number of anilines is 1. The molecule has 1 aliphatic heterocycles. The fourth-order valence-electron chi connectivity index (χ4n) is 3.56. The number of hydrogen-bond acceptors (Lipinski definition) is 5. The van der Waals surface area contributed by atoms with Gasteiger partial charge in [0.1, 0.15) is 11.6 Å². The molecule has 6 heteroatoms. The van der Waals surface area contributed by atoms with E-state index in [-0.39, 0.29) is 11.4 Å². The molecule has 0 aliphatic carbocycles. The summed E-state index contributed by atoms with van der Waals surface area (Å²) in [6.45, 7) is 6.52. The maximum atomic E-state index is 13.7. The van der Waals surface area contributed by atoms with Crippen LogP contribution in [0.2, 0.25) is 0 Å². The Morgan fingerprint density at radius 2 is 2.12 bits per heavy atom. The fourth-order valence-corrected chi connectivity index (χ4v) is 7.55. The second-order valence-corrected chi connectivity index (χ2v) is 10.6. The van der Waals surface area contributed by atoms with Crippen LogP contribution in [0.3, 0.4) is 0 Å². The van der Waals surface area contributed by atoms with Crippen LogP contribution in [-0.2, 0) is 4.57 Å². The zero-order chi connectivity index (χ0) is 18.0. The van der Waals surface area contributed by atoms with Crippen molar-refractivity contribution in [3.05, 3.63) is 47.4 Å². The van der Waals surface area contributed by atoms with Crippen LogP contribution < -0.4 is 5.32 Å². The van der Waals surface area contributed by atoms with Gasteiger partial charge in [0.05, 0.1) is 30.9 Å². The second-order valence-electron chi connectivity index (χ2n) is 7.24. The van der Waals surface area contributed by atoms with Crippen LogP contribution >= 0.6 is 7.14 Å². The molecule has 5 nitrogen and oxygen atoms in total. The SMILES string of the molecule is Cc1cnc(NCC(c2ccc(O)c(C)c2)P2(=O)CC[C@@H](C)C2)cn1. The summed E-state index contributed by atoms with van der Waals surface area (Å²) in [4.78, 5) is 8.59. The van der Waals surface area contributed by atoms with Gasteiger partial charge in [-0.3, -0.25) is 4.98 Å². The summed E-state index contributed by atoms with van der Waals surface area (Å²) in [5, 5.41) is 13.1. The van der Waals surface area contributed by atoms with Crippen molar-refractivity contribution in [3.8, 4) is 5.75 Å². The maximum absolute atomic E-state index is 13.7. The van der Waals surface area contributed by atoms with Gasteiger partial charge in [-0.25, -0.2) is 4.98 Å². The highest BCUT2D eigenvalue weighted by atomic mass is 31.2. The Morgan fingerprint density at radius 1 is 1.32 bits per heavy atom. The molecule has 0 spiro atoms. The number of rotatable bonds is 5. The van der Waals surface area contributed by atoms with E-state index in [0.29, 0.717) is 18.3 Å². The summed E-state index contributed by atoms with van der Waals surface area (Å²) in [7, 11) is -2.33. The van der Waals surface area contributed by atoms with Crippen molar-refractivity contribution in [3.63, 3.8) is 0 Å². The van der Waals surface area contributed by atoms with Gasteiger partial charge in [-0.2, -0.15) is 0 Å². The van der Waals surface area contributed by atoms with Crippen LogP contribution in [0.1, 0.15) is 35.8 Å². The molecule has 1 saturated heterocycles. The Hall–Kier alpha value is -1.87. The van der Waals surface area contributed by atoms with Crippen LogP contribution in [0.15, 0.2) is 30.6 Å². The first kappa shape index (κ1) is 17.9. The van der Waals surface area contributed by atoms with E-state index in [0.717, 1.165) is 35.6 Å². The van der Waals surface area contributed by atoms with Crippen LogP contribution in [0, 0.1) is 19.8 Å². The molecule has 3 rings (SSSR count). The summed E-state index contributed by atoms with van der Waals surface area (Å²) in [5.41, 5.74) is 2.64. The first-order valence-corrected chi connectivity index (χ1v) is 10.9. The number of benzene rings is 1. The molecule has 134 valence electrons. The van der Waals surface area contributed by atoms with E-state index >= 15 is 0 Å². The number of nitrogens with zero attached hydrogens (tertiary/aromatic N) is 2. The van der Waals surface area contributed by atoms with Gasteiger partial charge in [0.2, 0.25) is 0 Å². The molecule has 3 atom stereocenters. The van der Waals surface area contributed by atoms with Crippen molar-refractivity contribution >= 4 is 13.0 Å². The summed E-state index contributed by atoms with van der Waals surface area (Å²) in [6.07, 6.45) is 6.04. The summed E-state index contributed by atoms with van der Waals surface area (Å²) in [5.74, 6) is 1.48. The number of hydrogen-bond donors (Lipinski definition) is 2. The molecule has 2 unspecified atom stereocenters. The Labute approximate surface area is 149 Å². The number of phenolic OH excluding ortho intramolecular Hbond substituents is 1. The largest absolute Gasteiger partial charge is 0.508 e. The van der Waals surface area contributed by atoms with E-state index in [4.69, 9.17) is 0 Å². The Bertz CT molecular complexity index is 792. The molecular formula is C19H26N3O2P. The number of aromatic nitrogens is 2. The number of nitrogens with one attached hydrogen (secondary N) is 1. The first-order valence-electron chi connectivity index (χ1n) is 8.77. The molecule has 25 heavy (non-hydrogen) atoms. The molecule has 1 aromatic heterocycles. The van der Waals surface area contributed by atoms with Crippen LogP contribution in [-0.4, -0.2) is 33.9 Å². The van der Waals surface area contributed by atoms with E-state index in [1.54, 1.807) is 18.5 Å². The molecular weight excluding hydrogens is 333 g/mol. The van der Waals surface area contributed by atoms with Gasteiger partial charge in [-0.1, -0.05) is 19.1 Å². The van der Waals surface area contributed by atoms with Crippen molar-refractivity contribution in [1.29, 1.82) is 0 Å². The lowest BCUT2D eigenvalue weighted by molar-refractivity contribution is 0.470. The lowest BCUT2D eigenvalue weighted by Crippen LogP contribution is -2.16. The summed E-state index contributed by atoms with van der Waals surface area (Å²) in [6, 6.07) is 5.57. The highest BCUT2D eigenvalue weighted by Crippen LogP contribution is 2.64. The van der Waals surface area contributed by atoms with Gasteiger partial charge in [0.25, 0.3) is 0 Å². The number of phenols is 1. The van der Waals surface area contributed by atoms with Gasteiger partial charge >= 0.3 is 0 Å². The Morgan fingerprint density at radius 3 is 2.72 bits per heavy atom. The van der Waals surface area contributed by atoms with E-state index in [1.807, 2.05) is 26.0 Å². The molecule has 1 aliphatic rings. The molecule has 0 amide bonds. The quantitative estimate of drug-likeness (QED) is 0.776. The zero-order valence-corrected chi connectivity index (χ0v) is 16.0. The smallest absolute Gasteiger partial charge is 0.144 e. The molecule has 2 heterocycles. The van der Waals surface area contributed by atoms with Gasteiger partial charge in [-0.15, -0.1) is 0 Å². The van der Waals surface area contributed by atoms with Crippen molar-refractivity contribution in [2.75, 3.05) is 24.2 Å². The van der Waals surface area contributed by atoms with Crippen molar-refractivity contribution < 1.29 is 9.67 Å². The van der Waals surface area contributed by atoms with Crippen molar-refractivity contribution in [2.24, 2.45) is 5.92 Å². The number of aromatic hydroxyl groups is 1. The van der Waals surface area contributed by atoms with Crippen molar-refractivity contribution in [1.82, 2.24) is 9.97 Å². The molecule has 0 radical (unpaired) electrons. The van der Waals surface area contributed by atoms with E-state index in [1.165, 1.54) is 0 Å². The molecule has 1 fully saturated rings. The average molecular weight is 359 g/mol. The molecule has 0 bridgehead atoms. The van der Waals surface area contributed by atoms with Gasteiger partial charge < -0.3 is 15.0 Å². The normalized spacial score (nSPS) is 24.2. The predicted octanol–water partition coefficient (Wildman–Crippen LogP) is 4.36. The van der Waals surface area contributed by atoms with E-state index in [2.05, 4.69) is 22.2 Å². The third kappa shape index (κ3) is 4.04. The van der Waals surface area contributed by atoms with Gasteiger partial charge in [0, 0.05) is 18.9 Å². The third-order valence-electron chi connectivity index (χ3n) is 5.05. The minimum absolute atomic E-state index is 0.0696. The van der Waals surface area contributed by atoms with Crippen molar-refractivity contribution in [2.45, 2.75) is 32.9 Å². The predicted molar refractivity (Wildman–Crippen MR) is 102 cm³/mol. The lowest BCUT2D eigenvalue weighted by Gasteiger charge is -2.26. The highest BCUT2D eigenvalue weighted by molar-refractivity contribution is 7.64. The Kier molecular flexibility index (Phi) is 5.14. The van der Waals surface area contributed by atoms with Gasteiger partial charge in [-0.05, 0) is 43.4 Å². The van der Waals surface area contributed by atoms with Gasteiger partial charge in [0.15, 0.2) is 0 Å². The van der Waals surface area contributed by atoms with Crippen LogP contribution in [0.4, 0.5) is 5.82 Å². The summed E-state index contributed by atoms with van der Waals surface area (Å²) < 4.78 is 13.7. The number of aryl methyl sites for hydroxylation is 2. The van der Waals surface area contributed by atoms with E-state index < -0.39 is 7.14 Å². The lowest BCUT2D eigenvalue weighted by atomic mass is 10.1. The van der Waals surface area contributed by atoms with Crippen LogP contribution in [0.25, 0.3) is 0 Å². The second kappa shape index (κ2) is 7.17. The minimum atomic E-state index is -2.33. The fraction of sp³-hybridized carbons (Fsp3) is 0.474. The monoisotopic (exact) mass is 359 g/mol.